The Balaban J connectivity index is 1.54. The molecule has 2 heterocycles. The molecule has 1 N–H and O–H groups in total. The third-order valence-corrected chi connectivity index (χ3v) is 5.92. The summed E-state index contributed by atoms with van der Waals surface area (Å²) in [4.78, 5) is 30.2. The minimum absolute atomic E-state index is 0.113. The van der Waals surface area contributed by atoms with E-state index < -0.39 is 0 Å². The van der Waals surface area contributed by atoms with E-state index in [2.05, 4.69) is 16.4 Å². The molecule has 1 amide bonds. The fourth-order valence-electron chi connectivity index (χ4n) is 3.36. The van der Waals surface area contributed by atoms with Gasteiger partial charge in [0.25, 0.3) is 5.56 Å². The van der Waals surface area contributed by atoms with E-state index in [1.54, 1.807) is 16.4 Å². The normalized spacial score (nSPS) is 10.9. The molecule has 2 aromatic heterocycles. The van der Waals surface area contributed by atoms with Crippen LogP contribution in [0.5, 0.6) is 0 Å². The van der Waals surface area contributed by atoms with Gasteiger partial charge in [-0.05, 0) is 32.0 Å². The SMILES string of the molecule is Cc1cccc(-c2nc(CC(=O)Nc3c(C)n(C)n(-c4ccccc4)c3=O)cs2)c1. The Hall–Kier alpha value is -3.45. The molecule has 0 fully saturated rings. The topological polar surface area (TPSA) is 68.9 Å². The van der Waals surface area contributed by atoms with Crippen LogP contribution in [0.15, 0.2) is 64.8 Å². The summed E-state index contributed by atoms with van der Waals surface area (Å²) in [5, 5.41) is 5.55. The van der Waals surface area contributed by atoms with E-state index in [0.717, 1.165) is 21.8 Å². The molecule has 0 unspecified atom stereocenters. The maximum atomic E-state index is 12.9. The molecule has 0 aliphatic heterocycles. The van der Waals surface area contributed by atoms with Gasteiger partial charge in [0.05, 0.1) is 23.5 Å². The van der Waals surface area contributed by atoms with Crippen molar-refractivity contribution in [2.24, 2.45) is 7.05 Å². The lowest BCUT2D eigenvalue weighted by molar-refractivity contribution is -0.115. The van der Waals surface area contributed by atoms with E-state index >= 15 is 0 Å². The second kappa shape index (κ2) is 8.12. The quantitative estimate of drug-likeness (QED) is 0.531. The van der Waals surface area contributed by atoms with Gasteiger partial charge >= 0.3 is 0 Å². The van der Waals surface area contributed by atoms with Crippen LogP contribution in [-0.2, 0) is 18.3 Å². The van der Waals surface area contributed by atoms with Crippen LogP contribution in [0.25, 0.3) is 16.3 Å². The number of anilines is 1. The summed E-state index contributed by atoms with van der Waals surface area (Å²) in [5.74, 6) is -0.262. The number of amides is 1. The predicted octanol–water partition coefficient (Wildman–Crippen LogP) is 4.10. The second-order valence-corrected chi connectivity index (χ2v) is 8.03. The number of carbonyl (C=O) groups excluding carboxylic acids is 1. The van der Waals surface area contributed by atoms with Gasteiger partial charge in [-0.15, -0.1) is 11.3 Å². The van der Waals surface area contributed by atoms with Crippen molar-refractivity contribution in [2.45, 2.75) is 20.3 Å². The highest BCUT2D eigenvalue weighted by Gasteiger charge is 2.19. The summed E-state index contributed by atoms with van der Waals surface area (Å²) in [6.07, 6.45) is 0.113. The van der Waals surface area contributed by atoms with Crippen molar-refractivity contribution in [3.63, 3.8) is 0 Å². The summed E-state index contributed by atoms with van der Waals surface area (Å²) in [7, 11) is 1.80. The second-order valence-electron chi connectivity index (χ2n) is 7.17. The van der Waals surface area contributed by atoms with Crippen LogP contribution in [-0.4, -0.2) is 20.3 Å². The molecule has 7 heteroatoms. The average Bonchev–Trinajstić information content (AvgIpc) is 3.27. The van der Waals surface area contributed by atoms with Crippen molar-refractivity contribution < 1.29 is 4.79 Å². The summed E-state index contributed by atoms with van der Waals surface area (Å²) in [6.45, 7) is 3.85. The number of hydrogen-bond acceptors (Lipinski definition) is 4. The van der Waals surface area contributed by atoms with E-state index in [0.29, 0.717) is 17.1 Å². The highest BCUT2D eigenvalue weighted by atomic mass is 32.1. The van der Waals surface area contributed by atoms with Crippen molar-refractivity contribution in [1.82, 2.24) is 14.3 Å². The molecule has 6 nitrogen and oxygen atoms in total. The molecule has 0 atom stereocenters. The molecule has 152 valence electrons. The van der Waals surface area contributed by atoms with Gasteiger partial charge in [-0.3, -0.25) is 14.3 Å². The zero-order valence-electron chi connectivity index (χ0n) is 17.0. The summed E-state index contributed by atoms with van der Waals surface area (Å²) in [6, 6.07) is 17.5. The number of benzene rings is 2. The van der Waals surface area contributed by atoms with Gasteiger partial charge < -0.3 is 5.32 Å². The Morgan fingerprint density at radius 1 is 1.10 bits per heavy atom. The summed E-state index contributed by atoms with van der Waals surface area (Å²) < 4.78 is 3.29. The maximum absolute atomic E-state index is 12.9. The van der Waals surface area contributed by atoms with Crippen molar-refractivity contribution in [3.8, 4) is 16.3 Å². The van der Waals surface area contributed by atoms with E-state index in [1.165, 1.54) is 11.3 Å². The molecule has 2 aromatic carbocycles. The molecule has 0 spiro atoms. The first kappa shape index (κ1) is 19.8. The van der Waals surface area contributed by atoms with Gasteiger partial charge in [0.2, 0.25) is 5.91 Å². The zero-order valence-corrected chi connectivity index (χ0v) is 17.9. The maximum Gasteiger partial charge on any atom is 0.295 e. The minimum atomic E-state index is -0.262. The monoisotopic (exact) mass is 418 g/mol. The Kier molecular flexibility index (Phi) is 5.37. The molecule has 4 aromatic rings. The van der Waals surface area contributed by atoms with Gasteiger partial charge in [-0.2, -0.15) is 0 Å². The first-order valence-corrected chi connectivity index (χ1v) is 10.5. The molecule has 0 aliphatic rings. The Labute approximate surface area is 178 Å². The van der Waals surface area contributed by atoms with E-state index in [4.69, 9.17) is 0 Å². The summed E-state index contributed by atoms with van der Waals surface area (Å²) in [5.41, 5.74) is 4.36. The van der Waals surface area contributed by atoms with Crippen LogP contribution in [0.2, 0.25) is 0 Å². The molecular formula is C23H22N4O2S. The van der Waals surface area contributed by atoms with Gasteiger partial charge in [0.15, 0.2) is 0 Å². The van der Waals surface area contributed by atoms with Crippen LogP contribution < -0.4 is 10.9 Å². The van der Waals surface area contributed by atoms with Crippen molar-refractivity contribution in [3.05, 3.63) is 87.3 Å². The molecular weight excluding hydrogens is 396 g/mol. The van der Waals surface area contributed by atoms with Crippen molar-refractivity contribution >= 4 is 22.9 Å². The fourth-order valence-corrected chi connectivity index (χ4v) is 4.18. The number of nitrogens with one attached hydrogen (secondary N) is 1. The molecule has 30 heavy (non-hydrogen) atoms. The van der Waals surface area contributed by atoms with E-state index in [-0.39, 0.29) is 17.9 Å². The number of aryl methyl sites for hydroxylation is 1. The number of para-hydroxylation sites is 1. The largest absolute Gasteiger partial charge is 0.320 e. The zero-order chi connectivity index (χ0) is 21.3. The lowest BCUT2D eigenvalue weighted by Crippen LogP contribution is -2.23. The highest BCUT2D eigenvalue weighted by Crippen LogP contribution is 2.25. The number of aromatic nitrogens is 3. The highest BCUT2D eigenvalue weighted by molar-refractivity contribution is 7.13. The molecule has 0 aliphatic carbocycles. The van der Waals surface area contributed by atoms with Crippen LogP contribution in [0.1, 0.15) is 17.0 Å². The third kappa shape index (κ3) is 3.84. The fraction of sp³-hybridized carbons (Fsp3) is 0.174. The Morgan fingerprint density at radius 2 is 1.87 bits per heavy atom. The number of nitrogens with zero attached hydrogens (tertiary/aromatic N) is 3. The van der Waals surface area contributed by atoms with Crippen LogP contribution in [0, 0.1) is 13.8 Å². The van der Waals surface area contributed by atoms with Gasteiger partial charge in [0.1, 0.15) is 10.7 Å². The minimum Gasteiger partial charge on any atom is -0.320 e. The van der Waals surface area contributed by atoms with Gasteiger partial charge in [-0.25, -0.2) is 9.67 Å². The Bertz CT molecular complexity index is 1270. The van der Waals surface area contributed by atoms with Gasteiger partial charge in [-0.1, -0.05) is 42.0 Å². The third-order valence-electron chi connectivity index (χ3n) is 4.98. The average molecular weight is 419 g/mol. The smallest absolute Gasteiger partial charge is 0.295 e. The molecule has 0 saturated heterocycles. The standard InChI is InChI=1S/C23H22N4O2S/c1-15-8-7-9-17(12-15)22-24-18(14-30-22)13-20(28)25-21-16(2)26(3)27(23(21)29)19-10-5-4-6-11-19/h4-12,14H,13H2,1-3H3,(H,25,28). The van der Waals surface area contributed by atoms with Crippen LogP contribution in [0.4, 0.5) is 5.69 Å². The molecule has 0 radical (unpaired) electrons. The Morgan fingerprint density at radius 3 is 2.60 bits per heavy atom. The van der Waals surface area contributed by atoms with E-state index in [9.17, 15) is 9.59 Å². The first-order valence-electron chi connectivity index (χ1n) is 9.59. The molecule has 0 saturated carbocycles. The van der Waals surface area contributed by atoms with Crippen molar-refractivity contribution in [2.75, 3.05) is 5.32 Å². The number of thiazole rings is 1. The van der Waals surface area contributed by atoms with Gasteiger partial charge in [0, 0.05) is 18.0 Å². The number of rotatable bonds is 5. The predicted molar refractivity (Wildman–Crippen MR) is 120 cm³/mol. The number of carbonyl (C=O) groups is 1. The van der Waals surface area contributed by atoms with Crippen LogP contribution >= 0.6 is 11.3 Å². The summed E-state index contributed by atoms with van der Waals surface area (Å²) >= 11 is 1.51. The first-order chi connectivity index (χ1) is 14.4. The number of hydrogen-bond donors (Lipinski definition) is 1. The van der Waals surface area contributed by atoms with Crippen LogP contribution in [0.3, 0.4) is 0 Å². The lowest BCUT2D eigenvalue weighted by atomic mass is 10.1. The van der Waals surface area contributed by atoms with E-state index in [1.807, 2.05) is 67.8 Å². The molecule has 4 rings (SSSR count). The lowest BCUT2D eigenvalue weighted by Gasteiger charge is -2.07. The molecule has 0 bridgehead atoms. The van der Waals surface area contributed by atoms with Crippen molar-refractivity contribution in [1.29, 1.82) is 0 Å².